The minimum atomic E-state index is -0.242. The standard InChI is InChI=1S/C13H14N2O/c1-2-9-3-5-10(6-4-9)11-7-12(14)13(16)15-8-11/h3-8H,2,14H2,1H3,(H,15,16). The highest BCUT2D eigenvalue weighted by molar-refractivity contribution is 5.65. The van der Waals surface area contributed by atoms with Gasteiger partial charge in [-0.05, 0) is 23.6 Å². The van der Waals surface area contributed by atoms with E-state index in [0.717, 1.165) is 17.5 Å². The van der Waals surface area contributed by atoms with Crippen LogP contribution in [0, 0.1) is 0 Å². The van der Waals surface area contributed by atoms with Crippen LogP contribution in [0.4, 0.5) is 5.69 Å². The van der Waals surface area contributed by atoms with Crippen LogP contribution in [0.5, 0.6) is 0 Å². The summed E-state index contributed by atoms with van der Waals surface area (Å²) >= 11 is 0. The van der Waals surface area contributed by atoms with E-state index in [2.05, 4.69) is 24.0 Å². The van der Waals surface area contributed by atoms with Gasteiger partial charge in [0.25, 0.3) is 5.56 Å². The molecule has 0 aliphatic heterocycles. The van der Waals surface area contributed by atoms with Crippen LogP contribution in [0.3, 0.4) is 0 Å². The molecule has 0 spiro atoms. The summed E-state index contributed by atoms with van der Waals surface area (Å²) in [6, 6.07) is 9.92. The van der Waals surface area contributed by atoms with Crippen molar-refractivity contribution < 1.29 is 0 Å². The van der Waals surface area contributed by atoms with E-state index in [1.54, 1.807) is 12.3 Å². The molecule has 0 aliphatic rings. The third-order valence-electron chi connectivity index (χ3n) is 2.63. The molecule has 0 aliphatic carbocycles. The fraction of sp³-hybridized carbons (Fsp3) is 0.154. The summed E-state index contributed by atoms with van der Waals surface area (Å²) < 4.78 is 0. The van der Waals surface area contributed by atoms with E-state index in [4.69, 9.17) is 5.73 Å². The first-order valence-electron chi connectivity index (χ1n) is 5.28. The maximum absolute atomic E-state index is 11.1. The second-order valence-corrected chi connectivity index (χ2v) is 3.72. The Balaban J connectivity index is 2.42. The Kier molecular flexibility index (Phi) is 2.77. The minimum Gasteiger partial charge on any atom is -0.394 e. The average Bonchev–Trinajstić information content (AvgIpc) is 2.33. The summed E-state index contributed by atoms with van der Waals surface area (Å²) in [5.41, 5.74) is 8.85. The van der Waals surface area contributed by atoms with Crippen LogP contribution in [0.25, 0.3) is 11.1 Å². The van der Waals surface area contributed by atoms with E-state index < -0.39 is 0 Å². The number of aryl methyl sites for hydroxylation is 1. The molecule has 3 N–H and O–H groups in total. The Morgan fingerprint density at radius 2 is 1.88 bits per heavy atom. The number of H-pyrrole nitrogens is 1. The molecule has 0 saturated carbocycles. The summed E-state index contributed by atoms with van der Waals surface area (Å²) in [6.07, 6.45) is 2.70. The molecule has 1 aromatic carbocycles. The Labute approximate surface area is 93.9 Å². The first-order valence-corrected chi connectivity index (χ1v) is 5.28. The van der Waals surface area contributed by atoms with Gasteiger partial charge in [-0.15, -0.1) is 0 Å². The Morgan fingerprint density at radius 3 is 2.44 bits per heavy atom. The van der Waals surface area contributed by atoms with Crippen LogP contribution in [0.1, 0.15) is 12.5 Å². The highest BCUT2D eigenvalue weighted by Gasteiger charge is 2.00. The van der Waals surface area contributed by atoms with Crippen molar-refractivity contribution >= 4 is 5.69 Å². The van der Waals surface area contributed by atoms with Gasteiger partial charge in [0, 0.05) is 11.8 Å². The number of rotatable bonds is 2. The SMILES string of the molecule is CCc1ccc(-c2c[nH]c(=O)c(N)c2)cc1. The van der Waals surface area contributed by atoms with Crippen molar-refractivity contribution in [3.63, 3.8) is 0 Å². The van der Waals surface area contributed by atoms with Gasteiger partial charge in [0.2, 0.25) is 0 Å². The van der Waals surface area contributed by atoms with Crippen molar-refractivity contribution in [2.75, 3.05) is 5.73 Å². The number of hydrogen-bond donors (Lipinski definition) is 2. The largest absolute Gasteiger partial charge is 0.394 e. The van der Waals surface area contributed by atoms with Crippen LogP contribution in [-0.2, 0) is 6.42 Å². The van der Waals surface area contributed by atoms with Crippen LogP contribution in [0.15, 0.2) is 41.3 Å². The molecule has 3 nitrogen and oxygen atoms in total. The highest BCUT2D eigenvalue weighted by atomic mass is 16.1. The van der Waals surface area contributed by atoms with Crippen molar-refractivity contribution in [2.24, 2.45) is 0 Å². The van der Waals surface area contributed by atoms with Crippen LogP contribution in [0.2, 0.25) is 0 Å². The summed E-state index contributed by atoms with van der Waals surface area (Å²) in [6.45, 7) is 2.12. The summed E-state index contributed by atoms with van der Waals surface area (Å²) in [5, 5.41) is 0. The fourth-order valence-corrected chi connectivity index (χ4v) is 1.60. The molecule has 1 aromatic heterocycles. The zero-order valence-corrected chi connectivity index (χ0v) is 9.16. The molecule has 0 unspecified atom stereocenters. The maximum atomic E-state index is 11.1. The number of benzene rings is 1. The molecule has 3 heteroatoms. The molecule has 0 radical (unpaired) electrons. The first kappa shape index (κ1) is 10.5. The molecule has 2 rings (SSSR count). The zero-order valence-electron chi connectivity index (χ0n) is 9.16. The molecule has 0 saturated heterocycles. The third kappa shape index (κ3) is 1.98. The number of nitrogen functional groups attached to an aromatic ring is 1. The summed E-state index contributed by atoms with van der Waals surface area (Å²) in [4.78, 5) is 13.7. The van der Waals surface area contributed by atoms with Crippen LogP contribution in [-0.4, -0.2) is 4.98 Å². The molecule has 0 fully saturated rings. The zero-order chi connectivity index (χ0) is 11.5. The first-order chi connectivity index (χ1) is 7.70. The quantitative estimate of drug-likeness (QED) is 0.805. The smallest absolute Gasteiger partial charge is 0.271 e. The number of nitrogens with two attached hydrogens (primary N) is 1. The molecule has 2 aromatic rings. The highest BCUT2D eigenvalue weighted by Crippen LogP contribution is 2.19. The van der Waals surface area contributed by atoms with E-state index in [-0.39, 0.29) is 11.2 Å². The Bertz CT molecular complexity index is 541. The van der Waals surface area contributed by atoms with E-state index in [9.17, 15) is 4.79 Å². The summed E-state index contributed by atoms with van der Waals surface area (Å²) in [5.74, 6) is 0. The third-order valence-corrected chi connectivity index (χ3v) is 2.63. The van der Waals surface area contributed by atoms with Crippen molar-refractivity contribution in [1.29, 1.82) is 0 Å². The van der Waals surface area contributed by atoms with Gasteiger partial charge >= 0.3 is 0 Å². The minimum absolute atomic E-state index is 0.242. The lowest BCUT2D eigenvalue weighted by Crippen LogP contribution is -2.10. The molecule has 82 valence electrons. The lowest BCUT2D eigenvalue weighted by atomic mass is 10.0. The molecule has 0 bridgehead atoms. The van der Waals surface area contributed by atoms with E-state index in [1.165, 1.54) is 5.56 Å². The number of anilines is 1. The second-order valence-electron chi connectivity index (χ2n) is 3.72. The second kappa shape index (κ2) is 4.23. The van der Waals surface area contributed by atoms with Gasteiger partial charge in [0.1, 0.15) is 0 Å². The van der Waals surface area contributed by atoms with Crippen molar-refractivity contribution in [1.82, 2.24) is 4.98 Å². The van der Waals surface area contributed by atoms with Crippen LogP contribution < -0.4 is 11.3 Å². The predicted octanol–water partition coefficient (Wildman–Crippen LogP) is 2.19. The van der Waals surface area contributed by atoms with Gasteiger partial charge < -0.3 is 10.7 Å². The predicted molar refractivity (Wildman–Crippen MR) is 66.3 cm³/mol. The van der Waals surface area contributed by atoms with E-state index in [1.807, 2.05) is 12.1 Å². The normalized spacial score (nSPS) is 10.3. The van der Waals surface area contributed by atoms with Gasteiger partial charge in [-0.3, -0.25) is 4.79 Å². The van der Waals surface area contributed by atoms with E-state index in [0.29, 0.717) is 0 Å². The lowest BCUT2D eigenvalue weighted by Gasteiger charge is -2.03. The van der Waals surface area contributed by atoms with Gasteiger partial charge in [-0.1, -0.05) is 31.2 Å². The van der Waals surface area contributed by atoms with Crippen LogP contribution >= 0.6 is 0 Å². The maximum Gasteiger partial charge on any atom is 0.271 e. The fourth-order valence-electron chi connectivity index (χ4n) is 1.60. The topological polar surface area (TPSA) is 58.9 Å². The lowest BCUT2D eigenvalue weighted by molar-refractivity contribution is 1.14. The molecule has 0 atom stereocenters. The number of aromatic nitrogens is 1. The molecule has 16 heavy (non-hydrogen) atoms. The van der Waals surface area contributed by atoms with Crippen molar-refractivity contribution in [3.8, 4) is 11.1 Å². The molecular weight excluding hydrogens is 200 g/mol. The molecule has 0 amide bonds. The monoisotopic (exact) mass is 214 g/mol. The Morgan fingerprint density at radius 1 is 1.19 bits per heavy atom. The number of hydrogen-bond acceptors (Lipinski definition) is 2. The van der Waals surface area contributed by atoms with Gasteiger partial charge in [-0.2, -0.15) is 0 Å². The average molecular weight is 214 g/mol. The van der Waals surface area contributed by atoms with E-state index >= 15 is 0 Å². The van der Waals surface area contributed by atoms with Gasteiger partial charge in [0.05, 0.1) is 5.69 Å². The van der Waals surface area contributed by atoms with Crippen molar-refractivity contribution in [3.05, 3.63) is 52.4 Å². The molecular formula is C13H14N2O. The number of pyridine rings is 1. The van der Waals surface area contributed by atoms with Crippen molar-refractivity contribution in [2.45, 2.75) is 13.3 Å². The van der Waals surface area contributed by atoms with Gasteiger partial charge in [0.15, 0.2) is 0 Å². The number of nitrogens with one attached hydrogen (secondary N) is 1. The van der Waals surface area contributed by atoms with Gasteiger partial charge in [-0.25, -0.2) is 0 Å². The number of aromatic amines is 1. The summed E-state index contributed by atoms with van der Waals surface area (Å²) in [7, 11) is 0. The molecule has 1 heterocycles. The Hall–Kier alpha value is -2.03.